The van der Waals surface area contributed by atoms with E-state index >= 15 is 0 Å². The third-order valence-electron chi connectivity index (χ3n) is 3.05. The van der Waals surface area contributed by atoms with Gasteiger partial charge in [-0.2, -0.15) is 0 Å². The summed E-state index contributed by atoms with van der Waals surface area (Å²) in [5.74, 6) is 1.04. The van der Waals surface area contributed by atoms with Gasteiger partial charge in [-0.3, -0.25) is 0 Å². The van der Waals surface area contributed by atoms with E-state index in [4.69, 9.17) is 4.74 Å². The lowest BCUT2D eigenvalue weighted by molar-refractivity contribution is 0.125. The first kappa shape index (κ1) is 11.0. The number of hydrogen-bond acceptors (Lipinski definition) is 1. The average molecular weight is 184 g/mol. The third-order valence-corrected chi connectivity index (χ3v) is 3.05. The predicted molar refractivity (Wildman–Crippen MR) is 56.9 cm³/mol. The summed E-state index contributed by atoms with van der Waals surface area (Å²) in [4.78, 5) is 0. The molecule has 1 nitrogen and oxygen atoms in total. The van der Waals surface area contributed by atoms with E-state index in [9.17, 15) is 0 Å². The largest absolute Gasteiger partial charge is 0.379 e. The summed E-state index contributed by atoms with van der Waals surface area (Å²) in [6.07, 6.45) is 10.5. The minimum absolute atomic E-state index is 0.546. The van der Waals surface area contributed by atoms with E-state index in [0.717, 1.165) is 12.5 Å². The van der Waals surface area contributed by atoms with Gasteiger partial charge in [0.25, 0.3) is 0 Å². The van der Waals surface area contributed by atoms with Crippen LogP contribution in [0.15, 0.2) is 0 Å². The Morgan fingerprint density at radius 1 is 0.846 bits per heavy atom. The van der Waals surface area contributed by atoms with Crippen LogP contribution >= 0.6 is 0 Å². The van der Waals surface area contributed by atoms with Crippen LogP contribution in [0.4, 0.5) is 0 Å². The first-order chi connectivity index (χ1) is 6.29. The smallest absolute Gasteiger partial charge is 0.0547 e. The Balaban J connectivity index is 0.000000132. The molecule has 0 aromatic carbocycles. The summed E-state index contributed by atoms with van der Waals surface area (Å²) >= 11 is 0. The molecule has 0 bridgehead atoms. The SMILES string of the molecule is CC1CCCCC1.CC1CCCO1. The van der Waals surface area contributed by atoms with Crippen LogP contribution in [0, 0.1) is 5.92 Å². The van der Waals surface area contributed by atoms with Crippen LogP contribution in [0.1, 0.15) is 58.8 Å². The first-order valence-electron chi connectivity index (χ1n) is 5.90. The normalized spacial score (nSPS) is 29.5. The maximum Gasteiger partial charge on any atom is 0.0547 e. The highest BCUT2D eigenvalue weighted by Crippen LogP contribution is 2.22. The standard InChI is InChI=1S/C7H14.C5H10O/c1-7-5-3-2-4-6-7;1-5-3-2-4-6-5/h7H,2-6H2,1H3;5H,2-4H2,1H3. The van der Waals surface area contributed by atoms with Crippen molar-refractivity contribution < 1.29 is 4.74 Å². The van der Waals surface area contributed by atoms with Gasteiger partial charge in [-0.25, -0.2) is 0 Å². The molecule has 13 heavy (non-hydrogen) atoms. The van der Waals surface area contributed by atoms with Gasteiger partial charge in [0.2, 0.25) is 0 Å². The number of hydrogen-bond donors (Lipinski definition) is 0. The Morgan fingerprint density at radius 3 is 1.77 bits per heavy atom. The predicted octanol–water partition coefficient (Wildman–Crippen LogP) is 3.77. The molecule has 0 aromatic heterocycles. The Kier molecular flexibility index (Phi) is 5.45. The Labute approximate surface area is 82.9 Å². The van der Waals surface area contributed by atoms with Crippen molar-refractivity contribution in [3.8, 4) is 0 Å². The first-order valence-corrected chi connectivity index (χ1v) is 5.90. The van der Waals surface area contributed by atoms with Crippen molar-refractivity contribution in [3.63, 3.8) is 0 Å². The molecule has 2 aliphatic rings. The van der Waals surface area contributed by atoms with Crippen LogP contribution in [-0.4, -0.2) is 12.7 Å². The molecule has 1 heterocycles. The summed E-state index contributed by atoms with van der Waals surface area (Å²) < 4.78 is 5.15. The van der Waals surface area contributed by atoms with Crippen LogP contribution in [-0.2, 0) is 4.74 Å². The van der Waals surface area contributed by atoms with Crippen molar-refractivity contribution in [2.75, 3.05) is 6.61 Å². The number of rotatable bonds is 0. The summed E-state index contributed by atoms with van der Waals surface area (Å²) in [5, 5.41) is 0. The van der Waals surface area contributed by atoms with E-state index < -0.39 is 0 Å². The second-order valence-corrected chi connectivity index (χ2v) is 4.57. The molecule has 1 unspecified atom stereocenters. The van der Waals surface area contributed by atoms with Crippen molar-refractivity contribution in [3.05, 3.63) is 0 Å². The maximum absolute atomic E-state index is 5.15. The van der Waals surface area contributed by atoms with E-state index in [1.165, 1.54) is 44.9 Å². The van der Waals surface area contributed by atoms with Crippen LogP contribution < -0.4 is 0 Å². The van der Waals surface area contributed by atoms with Gasteiger partial charge in [-0.1, -0.05) is 39.0 Å². The summed E-state index contributed by atoms with van der Waals surface area (Å²) in [6.45, 7) is 5.47. The van der Waals surface area contributed by atoms with Gasteiger partial charge in [0.1, 0.15) is 0 Å². The lowest BCUT2D eigenvalue weighted by Gasteiger charge is -2.15. The van der Waals surface area contributed by atoms with Crippen LogP contribution in [0.2, 0.25) is 0 Å². The topological polar surface area (TPSA) is 9.23 Å². The lowest BCUT2D eigenvalue weighted by atomic mass is 9.91. The van der Waals surface area contributed by atoms with Crippen molar-refractivity contribution in [1.82, 2.24) is 0 Å². The molecule has 1 saturated heterocycles. The molecular weight excluding hydrogens is 160 g/mol. The van der Waals surface area contributed by atoms with E-state index in [1.807, 2.05) is 0 Å². The molecule has 1 aliphatic heterocycles. The summed E-state index contributed by atoms with van der Waals surface area (Å²) in [5.41, 5.74) is 0. The highest BCUT2D eigenvalue weighted by Gasteiger charge is 2.07. The zero-order valence-electron chi connectivity index (χ0n) is 9.22. The molecule has 1 heteroatoms. The van der Waals surface area contributed by atoms with E-state index in [-0.39, 0.29) is 0 Å². The molecule has 1 saturated carbocycles. The Hall–Kier alpha value is -0.0400. The molecule has 1 atom stereocenters. The monoisotopic (exact) mass is 184 g/mol. The lowest BCUT2D eigenvalue weighted by Crippen LogP contribution is -1.99. The average Bonchev–Trinajstić information content (AvgIpc) is 2.58. The molecule has 1 aliphatic carbocycles. The van der Waals surface area contributed by atoms with Crippen LogP contribution in [0.3, 0.4) is 0 Å². The van der Waals surface area contributed by atoms with E-state index in [1.54, 1.807) is 0 Å². The van der Waals surface area contributed by atoms with Gasteiger partial charge >= 0.3 is 0 Å². The van der Waals surface area contributed by atoms with Gasteiger partial charge in [-0.15, -0.1) is 0 Å². The molecule has 0 N–H and O–H groups in total. The van der Waals surface area contributed by atoms with E-state index in [0.29, 0.717) is 6.10 Å². The van der Waals surface area contributed by atoms with Crippen LogP contribution in [0.25, 0.3) is 0 Å². The van der Waals surface area contributed by atoms with Gasteiger partial charge in [-0.05, 0) is 25.7 Å². The number of ether oxygens (including phenoxy) is 1. The van der Waals surface area contributed by atoms with E-state index in [2.05, 4.69) is 13.8 Å². The van der Waals surface area contributed by atoms with Gasteiger partial charge in [0, 0.05) is 6.61 Å². The highest BCUT2D eigenvalue weighted by atomic mass is 16.5. The van der Waals surface area contributed by atoms with Gasteiger partial charge < -0.3 is 4.74 Å². The second kappa shape index (κ2) is 6.42. The van der Waals surface area contributed by atoms with Crippen molar-refractivity contribution in [2.24, 2.45) is 5.92 Å². The minimum Gasteiger partial charge on any atom is -0.379 e. The maximum atomic E-state index is 5.15. The fourth-order valence-corrected chi connectivity index (χ4v) is 2.05. The van der Waals surface area contributed by atoms with Gasteiger partial charge in [0.05, 0.1) is 6.10 Å². The molecule has 0 spiro atoms. The van der Waals surface area contributed by atoms with Gasteiger partial charge in [0.15, 0.2) is 0 Å². The molecule has 2 rings (SSSR count). The summed E-state index contributed by atoms with van der Waals surface area (Å²) in [7, 11) is 0. The van der Waals surface area contributed by atoms with Crippen molar-refractivity contribution >= 4 is 0 Å². The molecular formula is C12H24O. The molecule has 0 amide bonds. The third kappa shape index (κ3) is 5.30. The molecule has 2 fully saturated rings. The quantitative estimate of drug-likeness (QED) is 0.557. The van der Waals surface area contributed by atoms with Crippen molar-refractivity contribution in [1.29, 1.82) is 0 Å². The Morgan fingerprint density at radius 2 is 1.54 bits per heavy atom. The second-order valence-electron chi connectivity index (χ2n) is 4.57. The van der Waals surface area contributed by atoms with Crippen LogP contribution in [0.5, 0.6) is 0 Å². The zero-order chi connectivity index (χ0) is 9.52. The van der Waals surface area contributed by atoms with Crippen molar-refractivity contribution in [2.45, 2.75) is 64.9 Å². The molecule has 0 aromatic rings. The summed E-state index contributed by atoms with van der Waals surface area (Å²) in [6, 6.07) is 0. The fraction of sp³-hybridized carbons (Fsp3) is 1.00. The fourth-order valence-electron chi connectivity index (χ4n) is 2.05. The molecule has 0 radical (unpaired) electrons. The zero-order valence-corrected chi connectivity index (χ0v) is 9.22. The minimum atomic E-state index is 0.546. The Bertz CT molecular complexity index is 110. The highest BCUT2D eigenvalue weighted by molar-refractivity contribution is 4.59. The molecule has 78 valence electrons.